The quantitative estimate of drug-likeness (QED) is 0.571. The van der Waals surface area contributed by atoms with Crippen LogP contribution in [-0.4, -0.2) is 84.8 Å². The molecule has 2 aliphatic rings. The molecule has 34 heavy (non-hydrogen) atoms. The first-order chi connectivity index (χ1) is 16.3. The molecule has 10 heteroatoms. The van der Waals surface area contributed by atoms with E-state index in [0.717, 1.165) is 19.5 Å². The molecule has 4 rings (SSSR count). The molecule has 1 amide bonds. The van der Waals surface area contributed by atoms with E-state index in [0.29, 0.717) is 43.8 Å². The Balaban J connectivity index is 1.23. The summed E-state index contributed by atoms with van der Waals surface area (Å²) in [5, 5.41) is 13.2. The summed E-state index contributed by atoms with van der Waals surface area (Å²) in [6, 6.07) is 9.97. The number of carbonyl (C=O) groups excluding carboxylic acids is 1. The fourth-order valence-corrected chi connectivity index (χ4v) is 5.34. The monoisotopic (exact) mass is 488 g/mol. The van der Waals surface area contributed by atoms with Crippen LogP contribution in [0.15, 0.2) is 42.7 Å². The normalized spacial score (nSPS) is 18.8. The highest BCUT2D eigenvalue weighted by molar-refractivity contribution is 7.88. The van der Waals surface area contributed by atoms with Gasteiger partial charge in [0.05, 0.1) is 24.1 Å². The summed E-state index contributed by atoms with van der Waals surface area (Å²) < 4.78 is 30.7. The van der Waals surface area contributed by atoms with Crippen LogP contribution in [0, 0.1) is 0 Å². The topological polar surface area (TPSA) is 112 Å². The summed E-state index contributed by atoms with van der Waals surface area (Å²) in [5.41, 5.74) is 3.00. The Kier molecular flexibility index (Phi) is 7.82. The number of β-amino-alcohol motifs (C(OH)–C–C–N with tert-alkyl or cyclic N) is 1. The smallest absolute Gasteiger partial charge is 0.253 e. The Labute approximate surface area is 200 Å². The number of rotatable bonds is 8. The van der Waals surface area contributed by atoms with Gasteiger partial charge in [0.2, 0.25) is 10.0 Å². The van der Waals surface area contributed by atoms with Gasteiger partial charge in [-0.25, -0.2) is 12.7 Å². The van der Waals surface area contributed by atoms with Crippen LogP contribution in [-0.2, 0) is 23.0 Å². The number of aliphatic hydroxyl groups excluding tert-OH is 1. The maximum absolute atomic E-state index is 12.6. The lowest BCUT2D eigenvalue weighted by Crippen LogP contribution is -2.42. The Hall–Kier alpha value is -2.53. The Morgan fingerprint density at radius 1 is 1.21 bits per heavy atom. The van der Waals surface area contributed by atoms with Crippen molar-refractivity contribution in [2.45, 2.75) is 38.0 Å². The van der Waals surface area contributed by atoms with Crippen molar-refractivity contribution in [3.05, 3.63) is 59.4 Å². The number of benzene rings is 1. The number of aromatic nitrogens is 1. The van der Waals surface area contributed by atoms with Gasteiger partial charge in [0.1, 0.15) is 11.9 Å². The van der Waals surface area contributed by atoms with Crippen LogP contribution in [0.25, 0.3) is 0 Å². The molecule has 1 fully saturated rings. The predicted molar refractivity (Wildman–Crippen MR) is 128 cm³/mol. The molecule has 2 aliphatic heterocycles. The van der Waals surface area contributed by atoms with E-state index in [1.807, 2.05) is 6.07 Å². The number of nitrogens with zero attached hydrogens (tertiary/aromatic N) is 3. The van der Waals surface area contributed by atoms with Crippen LogP contribution < -0.4 is 10.1 Å². The number of nitrogens with one attached hydrogen (secondary N) is 1. The van der Waals surface area contributed by atoms with Gasteiger partial charge >= 0.3 is 0 Å². The Morgan fingerprint density at radius 2 is 1.94 bits per heavy atom. The van der Waals surface area contributed by atoms with Gasteiger partial charge in [0.15, 0.2) is 0 Å². The second-order valence-corrected chi connectivity index (χ2v) is 11.0. The summed E-state index contributed by atoms with van der Waals surface area (Å²) in [6.07, 6.45) is 5.53. The van der Waals surface area contributed by atoms with Crippen molar-refractivity contribution in [3.8, 4) is 5.75 Å². The molecule has 0 saturated carbocycles. The standard InChI is InChI=1S/C24H32N4O5S/c1-34(31,32)28-10-7-22(8-11-28)33-23-12-20(13-25-15-23)24(30)26-14-21(29)17-27-9-6-18-4-2-3-5-19(18)16-27/h2-5,12-13,15,21-22,29H,6-11,14,16-17H2,1H3,(H,26,30)/t21-/m0/s1. The third-order valence-corrected chi connectivity index (χ3v) is 7.63. The van der Waals surface area contributed by atoms with Gasteiger partial charge in [-0.3, -0.25) is 14.7 Å². The second kappa shape index (κ2) is 10.8. The SMILES string of the molecule is CS(=O)(=O)N1CCC(Oc2cncc(C(=O)NC[C@H](O)CN3CCc4ccccc4C3)c2)CC1. The highest BCUT2D eigenvalue weighted by Gasteiger charge is 2.26. The molecular weight excluding hydrogens is 456 g/mol. The van der Waals surface area contributed by atoms with Crippen molar-refractivity contribution in [2.24, 2.45) is 0 Å². The largest absolute Gasteiger partial charge is 0.489 e. The van der Waals surface area contributed by atoms with Gasteiger partial charge in [0, 0.05) is 45.5 Å². The van der Waals surface area contributed by atoms with Crippen molar-refractivity contribution < 1.29 is 23.1 Å². The van der Waals surface area contributed by atoms with E-state index in [1.165, 1.54) is 27.9 Å². The maximum Gasteiger partial charge on any atom is 0.253 e. The molecule has 2 aromatic rings. The average molecular weight is 489 g/mol. The van der Waals surface area contributed by atoms with Crippen LogP contribution in [0.4, 0.5) is 0 Å². The maximum atomic E-state index is 12.6. The van der Waals surface area contributed by atoms with E-state index < -0.39 is 16.1 Å². The number of pyridine rings is 1. The zero-order valence-electron chi connectivity index (χ0n) is 19.4. The summed E-state index contributed by atoms with van der Waals surface area (Å²) in [4.78, 5) is 18.9. The third-order valence-electron chi connectivity index (χ3n) is 6.32. The van der Waals surface area contributed by atoms with E-state index in [-0.39, 0.29) is 18.6 Å². The Morgan fingerprint density at radius 3 is 2.68 bits per heavy atom. The molecule has 184 valence electrons. The molecule has 3 heterocycles. The average Bonchev–Trinajstić information content (AvgIpc) is 2.82. The fourth-order valence-electron chi connectivity index (χ4n) is 4.47. The van der Waals surface area contributed by atoms with Gasteiger partial charge in [-0.05, 0) is 36.5 Å². The van der Waals surface area contributed by atoms with Crippen LogP contribution in [0.1, 0.15) is 34.3 Å². The molecule has 1 atom stereocenters. The number of carbonyl (C=O) groups is 1. The van der Waals surface area contributed by atoms with Crippen LogP contribution in [0.3, 0.4) is 0 Å². The highest BCUT2D eigenvalue weighted by Crippen LogP contribution is 2.21. The number of amides is 1. The lowest BCUT2D eigenvalue weighted by molar-refractivity contribution is 0.0840. The second-order valence-electron chi connectivity index (χ2n) is 9.01. The number of hydrogen-bond acceptors (Lipinski definition) is 7. The van der Waals surface area contributed by atoms with Crippen LogP contribution in [0.5, 0.6) is 5.75 Å². The number of fused-ring (bicyclic) bond motifs is 1. The minimum Gasteiger partial charge on any atom is -0.489 e. The summed E-state index contributed by atoms with van der Waals surface area (Å²) >= 11 is 0. The van der Waals surface area contributed by atoms with Crippen molar-refractivity contribution >= 4 is 15.9 Å². The minimum absolute atomic E-state index is 0.130. The van der Waals surface area contributed by atoms with Crippen molar-refractivity contribution in [1.29, 1.82) is 0 Å². The number of sulfonamides is 1. The molecular formula is C24H32N4O5S. The minimum atomic E-state index is -3.19. The number of piperidine rings is 1. The number of aliphatic hydroxyl groups is 1. The summed E-state index contributed by atoms with van der Waals surface area (Å²) in [7, 11) is -3.19. The lowest BCUT2D eigenvalue weighted by Gasteiger charge is -2.30. The van der Waals surface area contributed by atoms with Crippen molar-refractivity contribution in [2.75, 3.05) is 39.0 Å². The van der Waals surface area contributed by atoms with Crippen molar-refractivity contribution in [1.82, 2.24) is 19.5 Å². The zero-order chi connectivity index (χ0) is 24.1. The zero-order valence-corrected chi connectivity index (χ0v) is 20.2. The van der Waals surface area contributed by atoms with Gasteiger partial charge in [-0.15, -0.1) is 0 Å². The third kappa shape index (κ3) is 6.53. The highest BCUT2D eigenvalue weighted by atomic mass is 32.2. The van der Waals surface area contributed by atoms with Crippen molar-refractivity contribution in [3.63, 3.8) is 0 Å². The summed E-state index contributed by atoms with van der Waals surface area (Å²) in [5.74, 6) is 0.144. The molecule has 1 aromatic carbocycles. The molecule has 0 radical (unpaired) electrons. The number of hydrogen-bond donors (Lipinski definition) is 2. The van der Waals surface area contributed by atoms with E-state index in [1.54, 1.807) is 12.3 Å². The fraction of sp³-hybridized carbons (Fsp3) is 0.500. The molecule has 9 nitrogen and oxygen atoms in total. The Bertz CT molecular complexity index is 1100. The molecule has 0 spiro atoms. The van der Waals surface area contributed by atoms with Gasteiger partial charge in [-0.2, -0.15) is 0 Å². The van der Waals surface area contributed by atoms with Gasteiger partial charge in [-0.1, -0.05) is 24.3 Å². The molecule has 1 saturated heterocycles. The lowest BCUT2D eigenvalue weighted by atomic mass is 10.00. The molecule has 0 aliphatic carbocycles. The first-order valence-corrected chi connectivity index (χ1v) is 13.4. The van der Waals surface area contributed by atoms with E-state index in [4.69, 9.17) is 4.74 Å². The molecule has 0 unspecified atom stereocenters. The first kappa shape index (κ1) is 24.6. The van der Waals surface area contributed by atoms with E-state index in [9.17, 15) is 18.3 Å². The molecule has 0 bridgehead atoms. The van der Waals surface area contributed by atoms with Crippen LogP contribution in [0.2, 0.25) is 0 Å². The molecule has 1 aromatic heterocycles. The van der Waals surface area contributed by atoms with Gasteiger partial charge in [0.25, 0.3) is 5.91 Å². The summed E-state index contributed by atoms with van der Waals surface area (Å²) in [6.45, 7) is 3.14. The van der Waals surface area contributed by atoms with E-state index >= 15 is 0 Å². The van der Waals surface area contributed by atoms with Crippen LogP contribution >= 0.6 is 0 Å². The number of ether oxygens (including phenoxy) is 1. The van der Waals surface area contributed by atoms with E-state index in [2.05, 4.69) is 33.4 Å². The first-order valence-electron chi connectivity index (χ1n) is 11.6. The molecule has 2 N–H and O–H groups in total. The van der Waals surface area contributed by atoms with Gasteiger partial charge < -0.3 is 15.2 Å². The predicted octanol–water partition coefficient (Wildman–Crippen LogP) is 1.03.